The van der Waals surface area contributed by atoms with E-state index in [2.05, 4.69) is 6.92 Å². The lowest BCUT2D eigenvalue weighted by atomic mass is 9.91. The standard InChI is InChI=1S/C13H18O3S/c1-9-3-2-4-10(7-9)17-8-12-11(13(14)15)5-6-16-12/h5-6,9-10H,2-4,7-8H2,1H3,(H,14,15). The van der Waals surface area contributed by atoms with Gasteiger partial charge in [-0.05, 0) is 24.8 Å². The van der Waals surface area contributed by atoms with Crippen molar-refractivity contribution in [1.82, 2.24) is 0 Å². The fraction of sp³-hybridized carbons (Fsp3) is 0.615. The molecule has 0 saturated heterocycles. The molecule has 1 aromatic rings. The van der Waals surface area contributed by atoms with Crippen molar-refractivity contribution in [2.75, 3.05) is 0 Å². The molecule has 0 aliphatic heterocycles. The molecule has 0 radical (unpaired) electrons. The van der Waals surface area contributed by atoms with Gasteiger partial charge in [0.15, 0.2) is 0 Å². The molecule has 1 aliphatic carbocycles. The minimum absolute atomic E-state index is 0.307. The van der Waals surface area contributed by atoms with Crippen LogP contribution in [0.4, 0.5) is 0 Å². The SMILES string of the molecule is CC1CCCC(SCc2occc2C(=O)O)C1. The molecular weight excluding hydrogens is 236 g/mol. The highest BCUT2D eigenvalue weighted by molar-refractivity contribution is 7.99. The largest absolute Gasteiger partial charge is 0.478 e. The van der Waals surface area contributed by atoms with Crippen molar-refractivity contribution in [2.24, 2.45) is 5.92 Å². The number of carboxylic acids is 1. The summed E-state index contributed by atoms with van der Waals surface area (Å²) in [5.41, 5.74) is 0.307. The summed E-state index contributed by atoms with van der Waals surface area (Å²) in [4.78, 5) is 10.9. The van der Waals surface area contributed by atoms with Crippen LogP contribution in [0.25, 0.3) is 0 Å². The van der Waals surface area contributed by atoms with Gasteiger partial charge in [-0.25, -0.2) is 4.79 Å². The fourth-order valence-corrected chi connectivity index (χ4v) is 3.77. The predicted octanol–water partition coefficient (Wildman–Crippen LogP) is 3.79. The normalized spacial score (nSPS) is 24.8. The average Bonchev–Trinajstić information content (AvgIpc) is 2.74. The molecule has 1 fully saturated rings. The van der Waals surface area contributed by atoms with Crippen LogP contribution in [0.2, 0.25) is 0 Å². The molecule has 3 nitrogen and oxygen atoms in total. The summed E-state index contributed by atoms with van der Waals surface area (Å²) in [5, 5.41) is 9.62. The maximum Gasteiger partial charge on any atom is 0.339 e. The Kier molecular flexibility index (Phi) is 4.15. The second-order valence-electron chi connectivity index (χ2n) is 4.77. The number of aromatic carboxylic acids is 1. The molecule has 0 spiro atoms. The molecule has 2 unspecified atom stereocenters. The Morgan fingerprint density at radius 3 is 3.12 bits per heavy atom. The van der Waals surface area contributed by atoms with Gasteiger partial charge in [-0.3, -0.25) is 0 Å². The number of hydrogen-bond donors (Lipinski definition) is 1. The maximum atomic E-state index is 10.9. The summed E-state index contributed by atoms with van der Waals surface area (Å²) < 4.78 is 5.24. The number of furan rings is 1. The Morgan fingerprint density at radius 1 is 1.59 bits per heavy atom. The first-order valence-electron chi connectivity index (χ1n) is 6.08. The molecular formula is C13H18O3S. The Morgan fingerprint density at radius 2 is 2.41 bits per heavy atom. The van der Waals surface area contributed by atoms with E-state index in [-0.39, 0.29) is 0 Å². The van der Waals surface area contributed by atoms with Gasteiger partial charge in [0.1, 0.15) is 11.3 Å². The van der Waals surface area contributed by atoms with Gasteiger partial charge >= 0.3 is 5.97 Å². The minimum Gasteiger partial charge on any atom is -0.478 e. The van der Waals surface area contributed by atoms with Gasteiger partial charge in [0.2, 0.25) is 0 Å². The number of rotatable bonds is 4. The summed E-state index contributed by atoms with van der Waals surface area (Å²) >= 11 is 1.83. The molecule has 1 N–H and O–H groups in total. The van der Waals surface area contributed by atoms with E-state index >= 15 is 0 Å². The molecule has 2 rings (SSSR count). The molecule has 4 heteroatoms. The first kappa shape index (κ1) is 12.6. The van der Waals surface area contributed by atoms with E-state index < -0.39 is 5.97 Å². The number of hydrogen-bond acceptors (Lipinski definition) is 3. The zero-order valence-corrected chi connectivity index (χ0v) is 10.8. The Balaban J connectivity index is 1.89. The number of thioether (sulfide) groups is 1. The van der Waals surface area contributed by atoms with Crippen LogP contribution in [-0.2, 0) is 5.75 Å². The van der Waals surface area contributed by atoms with E-state index in [0.29, 0.717) is 22.3 Å². The summed E-state index contributed by atoms with van der Waals surface area (Å²) in [6.45, 7) is 2.29. The molecule has 0 amide bonds. The van der Waals surface area contributed by atoms with Crippen LogP contribution in [0.3, 0.4) is 0 Å². The van der Waals surface area contributed by atoms with Gasteiger partial charge in [-0.1, -0.05) is 19.8 Å². The van der Waals surface area contributed by atoms with Crippen molar-refractivity contribution >= 4 is 17.7 Å². The third-order valence-electron chi connectivity index (χ3n) is 3.31. The molecule has 0 bridgehead atoms. The highest BCUT2D eigenvalue weighted by Gasteiger charge is 2.21. The van der Waals surface area contributed by atoms with Crippen molar-refractivity contribution in [1.29, 1.82) is 0 Å². The monoisotopic (exact) mass is 254 g/mol. The van der Waals surface area contributed by atoms with Gasteiger partial charge < -0.3 is 9.52 Å². The third kappa shape index (κ3) is 3.28. The number of carbonyl (C=O) groups is 1. The highest BCUT2D eigenvalue weighted by atomic mass is 32.2. The minimum atomic E-state index is -0.897. The van der Waals surface area contributed by atoms with Crippen LogP contribution in [0.5, 0.6) is 0 Å². The smallest absolute Gasteiger partial charge is 0.339 e. The summed E-state index contributed by atoms with van der Waals surface area (Å²) in [5.74, 6) is 1.18. The second-order valence-corrected chi connectivity index (χ2v) is 6.06. The van der Waals surface area contributed by atoms with Crippen molar-refractivity contribution in [2.45, 2.75) is 43.6 Å². The second kappa shape index (κ2) is 5.63. The molecule has 1 aromatic heterocycles. The van der Waals surface area contributed by atoms with Gasteiger partial charge in [-0.15, -0.1) is 0 Å². The molecule has 1 saturated carbocycles. The van der Waals surface area contributed by atoms with E-state index in [9.17, 15) is 4.79 Å². The topological polar surface area (TPSA) is 50.4 Å². The van der Waals surface area contributed by atoms with E-state index in [0.717, 1.165) is 5.92 Å². The van der Waals surface area contributed by atoms with E-state index in [1.807, 2.05) is 11.8 Å². The lowest BCUT2D eigenvalue weighted by Crippen LogP contribution is -2.15. The van der Waals surface area contributed by atoms with Gasteiger partial charge in [0.05, 0.1) is 12.0 Å². The third-order valence-corrected chi connectivity index (χ3v) is 4.64. The number of carboxylic acid groups (broad SMARTS) is 1. The zero-order valence-electron chi connectivity index (χ0n) is 10.0. The van der Waals surface area contributed by atoms with Crippen LogP contribution >= 0.6 is 11.8 Å². The molecule has 0 aromatic carbocycles. The predicted molar refractivity (Wildman–Crippen MR) is 68.4 cm³/mol. The highest BCUT2D eigenvalue weighted by Crippen LogP contribution is 2.34. The maximum absolute atomic E-state index is 10.9. The lowest BCUT2D eigenvalue weighted by molar-refractivity contribution is 0.0695. The van der Waals surface area contributed by atoms with Gasteiger partial charge in [0, 0.05) is 5.25 Å². The summed E-state index contributed by atoms with van der Waals surface area (Å²) in [6, 6.07) is 1.53. The summed E-state index contributed by atoms with van der Waals surface area (Å²) in [6.07, 6.45) is 6.58. The van der Waals surface area contributed by atoms with Gasteiger partial charge in [-0.2, -0.15) is 11.8 Å². The van der Waals surface area contributed by atoms with E-state index in [1.54, 1.807) is 0 Å². The van der Waals surface area contributed by atoms with E-state index in [1.165, 1.54) is 38.0 Å². The van der Waals surface area contributed by atoms with E-state index in [4.69, 9.17) is 9.52 Å². The molecule has 2 atom stereocenters. The Labute approximate surface area is 106 Å². The fourth-order valence-electron chi connectivity index (χ4n) is 2.37. The zero-order chi connectivity index (χ0) is 12.3. The lowest BCUT2D eigenvalue weighted by Gasteiger charge is -2.25. The van der Waals surface area contributed by atoms with Crippen molar-refractivity contribution in [3.05, 3.63) is 23.7 Å². The first-order valence-corrected chi connectivity index (χ1v) is 7.13. The average molecular weight is 254 g/mol. The van der Waals surface area contributed by atoms with Gasteiger partial charge in [0.25, 0.3) is 0 Å². The first-order chi connectivity index (χ1) is 8.16. The van der Waals surface area contributed by atoms with Crippen molar-refractivity contribution in [3.63, 3.8) is 0 Å². The molecule has 1 aliphatic rings. The molecule has 17 heavy (non-hydrogen) atoms. The Hall–Kier alpha value is -0.900. The van der Waals surface area contributed by atoms with Crippen molar-refractivity contribution < 1.29 is 14.3 Å². The molecule has 1 heterocycles. The van der Waals surface area contributed by atoms with Crippen LogP contribution in [0.15, 0.2) is 16.7 Å². The van der Waals surface area contributed by atoms with Crippen LogP contribution in [0, 0.1) is 5.92 Å². The van der Waals surface area contributed by atoms with Crippen LogP contribution < -0.4 is 0 Å². The summed E-state index contributed by atoms with van der Waals surface area (Å²) in [7, 11) is 0. The van der Waals surface area contributed by atoms with Crippen molar-refractivity contribution in [3.8, 4) is 0 Å². The van der Waals surface area contributed by atoms with Crippen LogP contribution in [-0.4, -0.2) is 16.3 Å². The Bertz CT molecular complexity index is 386. The quantitative estimate of drug-likeness (QED) is 0.888. The molecule has 94 valence electrons. The van der Waals surface area contributed by atoms with Crippen LogP contribution in [0.1, 0.15) is 48.7 Å².